The zero-order valence-corrected chi connectivity index (χ0v) is 15.7. The van der Waals surface area contributed by atoms with Crippen LogP contribution in [-0.2, 0) is 11.2 Å². The van der Waals surface area contributed by atoms with Gasteiger partial charge in [-0.3, -0.25) is 4.79 Å². The lowest BCUT2D eigenvalue weighted by Crippen LogP contribution is -2.43. The van der Waals surface area contributed by atoms with Crippen molar-refractivity contribution < 1.29 is 4.79 Å². The molecule has 2 saturated heterocycles. The number of nitrogens with one attached hydrogen (secondary N) is 1. The number of carbonyl (C=O) groups is 1. The molecule has 4 rings (SSSR count). The van der Waals surface area contributed by atoms with Crippen LogP contribution in [0.3, 0.4) is 0 Å². The minimum atomic E-state index is -0.394. The van der Waals surface area contributed by atoms with Crippen molar-refractivity contribution in [2.75, 3.05) is 13.1 Å². The van der Waals surface area contributed by atoms with Gasteiger partial charge < -0.3 is 10.2 Å². The first kappa shape index (κ1) is 18.8. The van der Waals surface area contributed by atoms with Crippen molar-refractivity contribution in [3.8, 4) is 0 Å². The molecule has 2 aliphatic rings. The maximum atomic E-state index is 13.4. The smallest absolute Gasteiger partial charge is 0.247 e. The molecule has 3 heterocycles. The molecule has 0 aliphatic carbocycles. The molecule has 0 radical (unpaired) electrons. The fraction of sp³-hybridized carbons (Fsp3) is 0.556. The third kappa shape index (κ3) is 3.88. The van der Waals surface area contributed by atoms with E-state index in [1.165, 1.54) is 6.42 Å². The van der Waals surface area contributed by atoms with Gasteiger partial charge in [0.05, 0.1) is 0 Å². The highest BCUT2D eigenvalue weighted by Gasteiger charge is 2.35. The van der Waals surface area contributed by atoms with E-state index >= 15 is 0 Å². The van der Waals surface area contributed by atoms with E-state index in [1.807, 2.05) is 42.2 Å². The molecule has 0 saturated carbocycles. The van der Waals surface area contributed by atoms with Crippen molar-refractivity contribution in [2.45, 2.75) is 50.7 Å². The van der Waals surface area contributed by atoms with Crippen LogP contribution in [0.5, 0.6) is 0 Å². The number of likely N-dealkylation sites (tertiary alicyclic amines) is 1. The molecule has 1 aromatic heterocycles. The van der Waals surface area contributed by atoms with E-state index < -0.39 is 6.04 Å². The molecule has 1 N–H and O–H groups in total. The molecule has 1 aromatic carbocycles. The Bertz CT molecular complexity index is 736. The van der Waals surface area contributed by atoms with Gasteiger partial charge in [-0.2, -0.15) is 0 Å². The molecule has 3 atom stereocenters. The summed E-state index contributed by atoms with van der Waals surface area (Å²) < 4.78 is 1.67. The lowest BCUT2D eigenvalue weighted by atomic mass is 10.0. The molecule has 26 heavy (non-hydrogen) atoms. The lowest BCUT2D eigenvalue weighted by Gasteiger charge is -2.28. The molecule has 8 heteroatoms. The Morgan fingerprint density at radius 3 is 2.73 bits per heavy atom. The number of hydrogen-bond donors (Lipinski definition) is 1. The predicted molar refractivity (Wildman–Crippen MR) is 100 cm³/mol. The maximum absolute atomic E-state index is 13.4. The molecule has 0 spiro atoms. The van der Waals surface area contributed by atoms with E-state index in [0.717, 1.165) is 31.5 Å². The van der Waals surface area contributed by atoms with Gasteiger partial charge in [0.15, 0.2) is 0 Å². The van der Waals surface area contributed by atoms with Crippen molar-refractivity contribution in [1.29, 1.82) is 0 Å². The Balaban J connectivity index is 0.00000196. The van der Waals surface area contributed by atoms with Crippen LogP contribution in [0, 0.1) is 6.92 Å². The Hall–Kier alpha value is -1.99. The fourth-order valence-corrected chi connectivity index (χ4v) is 4.00. The zero-order chi connectivity index (χ0) is 17.2. The van der Waals surface area contributed by atoms with Gasteiger partial charge in [0.1, 0.15) is 11.9 Å². The summed E-state index contributed by atoms with van der Waals surface area (Å²) in [6.45, 7) is 3.43. The summed E-state index contributed by atoms with van der Waals surface area (Å²) in [4.78, 5) is 15.4. The molecule has 2 aromatic rings. The van der Waals surface area contributed by atoms with Gasteiger partial charge in [-0.15, -0.1) is 17.5 Å². The summed E-state index contributed by atoms with van der Waals surface area (Å²) in [7, 11) is 0. The third-order valence-electron chi connectivity index (χ3n) is 5.34. The minimum absolute atomic E-state index is 0. The fourth-order valence-electron chi connectivity index (χ4n) is 4.00. The van der Waals surface area contributed by atoms with E-state index in [9.17, 15) is 4.79 Å². The molecule has 2 bridgehead atoms. The van der Waals surface area contributed by atoms with Crippen molar-refractivity contribution in [1.82, 2.24) is 30.4 Å². The van der Waals surface area contributed by atoms with Crippen molar-refractivity contribution >= 4 is 18.3 Å². The number of carbonyl (C=O) groups excluding carboxylic acids is 1. The van der Waals surface area contributed by atoms with Gasteiger partial charge in [0, 0.05) is 31.6 Å². The maximum Gasteiger partial charge on any atom is 0.247 e. The second-order valence-electron chi connectivity index (χ2n) is 7.09. The first-order chi connectivity index (χ1) is 12.2. The van der Waals surface area contributed by atoms with Crippen LogP contribution in [0.1, 0.15) is 36.7 Å². The van der Waals surface area contributed by atoms with E-state index in [1.54, 1.807) is 4.68 Å². The number of aromatic nitrogens is 4. The molecule has 1 amide bonds. The Morgan fingerprint density at radius 1 is 1.23 bits per heavy atom. The molecule has 3 unspecified atom stereocenters. The van der Waals surface area contributed by atoms with E-state index in [-0.39, 0.29) is 18.3 Å². The lowest BCUT2D eigenvalue weighted by molar-refractivity contribution is -0.135. The average molecular weight is 377 g/mol. The van der Waals surface area contributed by atoms with Crippen LogP contribution in [0.15, 0.2) is 30.3 Å². The minimum Gasteiger partial charge on any atom is -0.339 e. The number of halogens is 1. The van der Waals surface area contributed by atoms with Gasteiger partial charge in [0.25, 0.3) is 0 Å². The van der Waals surface area contributed by atoms with Gasteiger partial charge >= 0.3 is 0 Å². The highest BCUT2D eigenvalue weighted by molar-refractivity contribution is 5.85. The molecule has 140 valence electrons. The number of nitrogens with zero attached hydrogens (tertiary/aromatic N) is 5. The zero-order valence-electron chi connectivity index (χ0n) is 14.9. The number of benzene rings is 1. The topological polar surface area (TPSA) is 75.9 Å². The number of amides is 1. The third-order valence-corrected chi connectivity index (χ3v) is 5.34. The van der Waals surface area contributed by atoms with E-state index in [2.05, 4.69) is 20.8 Å². The van der Waals surface area contributed by atoms with Crippen LogP contribution in [0.2, 0.25) is 0 Å². The predicted octanol–water partition coefficient (Wildman–Crippen LogP) is 1.54. The van der Waals surface area contributed by atoms with Crippen LogP contribution < -0.4 is 5.32 Å². The molecule has 7 nitrogen and oxygen atoms in total. The number of rotatable bonds is 4. The van der Waals surface area contributed by atoms with Crippen molar-refractivity contribution in [3.63, 3.8) is 0 Å². The highest BCUT2D eigenvalue weighted by Crippen LogP contribution is 2.24. The summed E-state index contributed by atoms with van der Waals surface area (Å²) in [6.07, 6.45) is 4.01. The summed E-state index contributed by atoms with van der Waals surface area (Å²) in [5.74, 6) is 0.789. The van der Waals surface area contributed by atoms with Gasteiger partial charge in [-0.1, -0.05) is 30.3 Å². The second-order valence-corrected chi connectivity index (χ2v) is 7.09. The van der Waals surface area contributed by atoms with Crippen molar-refractivity contribution in [2.24, 2.45) is 0 Å². The van der Waals surface area contributed by atoms with Crippen LogP contribution >= 0.6 is 12.4 Å². The Morgan fingerprint density at radius 2 is 2.00 bits per heavy atom. The highest BCUT2D eigenvalue weighted by atomic mass is 35.5. The Kier molecular flexibility index (Phi) is 5.88. The quantitative estimate of drug-likeness (QED) is 0.876. The second kappa shape index (κ2) is 8.14. The van der Waals surface area contributed by atoms with E-state index in [4.69, 9.17) is 0 Å². The molecule has 2 fully saturated rings. The normalized spacial score (nSPS) is 23.2. The van der Waals surface area contributed by atoms with Gasteiger partial charge in [-0.25, -0.2) is 4.68 Å². The first-order valence-electron chi connectivity index (χ1n) is 9.04. The number of fused-ring (bicyclic) bond motifs is 2. The number of aryl methyl sites for hydroxylation is 1. The summed E-state index contributed by atoms with van der Waals surface area (Å²) in [5.41, 5.74) is 1.12. The first-order valence-corrected chi connectivity index (χ1v) is 9.04. The summed E-state index contributed by atoms with van der Waals surface area (Å²) in [5, 5.41) is 15.5. The van der Waals surface area contributed by atoms with Gasteiger partial charge in [-0.05, 0) is 42.2 Å². The number of tetrazole rings is 1. The van der Waals surface area contributed by atoms with Crippen LogP contribution in [-0.4, -0.2) is 56.2 Å². The largest absolute Gasteiger partial charge is 0.339 e. The SMILES string of the molecule is Cc1nnnn1C(Cc1ccccc1)C(=O)N1CCC2CCC(C1)N2.Cl. The van der Waals surface area contributed by atoms with Crippen LogP contribution in [0.25, 0.3) is 0 Å². The monoisotopic (exact) mass is 376 g/mol. The van der Waals surface area contributed by atoms with E-state index in [0.29, 0.717) is 24.3 Å². The molecule has 2 aliphatic heterocycles. The Labute approximate surface area is 159 Å². The van der Waals surface area contributed by atoms with Crippen molar-refractivity contribution in [3.05, 3.63) is 41.7 Å². The van der Waals surface area contributed by atoms with Gasteiger partial charge in [0.2, 0.25) is 5.91 Å². The summed E-state index contributed by atoms with van der Waals surface area (Å²) in [6, 6.07) is 10.7. The molecular weight excluding hydrogens is 352 g/mol. The standard InChI is InChI=1S/C18H24N6O.ClH/c1-13-20-21-22-24(13)17(11-14-5-3-2-4-6-14)18(25)23-10-9-15-7-8-16(12-23)19-15;/h2-6,15-17,19H,7-12H2,1H3;1H. The number of hydrogen-bond acceptors (Lipinski definition) is 5. The summed E-state index contributed by atoms with van der Waals surface area (Å²) >= 11 is 0. The molecular formula is C18H25ClN6O. The average Bonchev–Trinajstić information content (AvgIpc) is 3.18. The van der Waals surface area contributed by atoms with Crippen LogP contribution in [0.4, 0.5) is 0 Å².